The highest BCUT2D eigenvalue weighted by Gasteiger charge is 2.52. The summed E-state index contributed by atoms with van der Waals surface area (Å²) in [4.78, 5) is 55.2. The number of carbonyl (C=O) groups excluding carboxylic acids is 3. The minimum Gasteiger partial charge on any atom is -0.448 e. The number of ketones is 1. The zero-order chi connectivity index (χ0) is 37.9. The number of nitrogens with zero attached hydrogens (tertiary/aromatic N) is 5. The molecule has 0 saturated carbocycles. The number of esters is 1. The van der Waals surface area contributed by atoms with E-state index in [1.54, 1.807) is 30.9 Å². The van der Waals surface area contributed by atoms with Gasteiger partial charge >= 0.3 is 5.97 Å². The molecule has 12 nitrogen and oxygen atoms in total. The molecule has 13 heteroatoms. The Morgan fingerprint density at radius 2 is 1.86 bits per heavy atom. The van der Waals surface area contributed by atoms with Crippen LogP contribution in [0.1, 0.15) is 94.1 Å². The fraction of sp³-hybridized carbons (Fsp3) is 0.658. The van der Waals surface area contributed by atoms with Gasteiger partial charge in [0.05, 0.1) is 17.9 Å². The van der Waals surface area contributed by atoms with Gasteiger partial charge < -0.3 is 19.4 Å². The molecule has 4 heterocycles. The number of hydrogen-bond acceptors (Lipinski definition) is 10. The number of hydrogen-bond donors (Lipinski definition) is 1. The Morgan fingerprint density at radius 3 is 2.45 bits per heavy atom. The van der Waals surface area contributed by atoms with Crippen molar-refractivity contribution in [2.45, 2.75) is 110 Å². The van der Waals surface area contributed by atoms with E-state index in [1.807, 2.05) is 74.7 Å². The molecule has 51 heavy (non-hydrogen) atoms. The zero-order valence-corrected chi connectivity index (χ0v) is 33.7. The number of Topliss-reactive ketones (excluding diaryl/α,β-unsaturated/α-hetero) is 1. The standard InChI is InChI=1S/C38H54IN5O7/c1-22-18-37(9)33(36(6,7)8)24(3)32(46)25(4)34(47)51-35(39)38(10,48)29(23(2)31(22)42-26(5)45)14-13-28(21-49-37)43-50-20-27-12-15-30(40-19-27)44-17-11-16-41-44/h11-12,15-17,19,22-25,29,33,35,48H,13-14,18,20-21H2,1-10H3/b42-31+,43-28+/t22-,23-,24+,25-,29-,33+,35+,37-,38+/m1/s1. The third-order valence-electron chi connectivity index (χ3n) is 10.6. The van der Waals surface area contributed by atoms with Crippen molar-refractivity contribution < 1.29 is 33.8 Å². The summed E-state index contributed by atoms with van der Waals surface area (Å²) in [6, 6.07) is 5.58. The molecular formula is C38H54IN5O7. The quantitative estimate of drug-likeness (QED) is 0.119. The number of aliphatic hydroxyl groups is 1. The van der Waals surface area contributed by atoms with Crippen LogP contribution in [-0.4, -0.2) is 70.9 Å². The molecule has 2 aromatic rings. The summed E-state index contributed by atoms with van der Waals surface area (Å²) in [6.45, 7) is 19.0. The molecule has 0 unspecified atom stereocenters. The highest BCUT2D eigenvalue weighted by molar-refractivity contribution is 14.1. The lowest BCUT2D eigenvalue weighted by Crippen LogP contribution is -2.54. The number of carbonyl (C=O) groups is 3. The van der Waals surface area contributed by atoms with Gasteiger partial charge in [-0.05, 0) is 92.0 Å². The predicted molar refractivity (Wildman–Crippen MR) is 203 cm³/mol. The first-order valence-electron chi connectivity index (χ1n) is 17.7. The Labute approximate surface area is 315 Å². The third-order valence-corrected chi connectivity index (χ3v) is 12.1. The van der Waals surface area contributed by atoms with Gasteiger partial charge in [-0.15, -0.1) is 0 Å². The maximum absolute atomic E-state index is 14.1. The minimum atomic E-state index is -1.58. The van der Waals surface area contributed by atoms with Crippen molar-refractivity contribution >= 4 is 51.7 Å². The monoisotopic (exact) mass is 819 g/mol. The summed E-state index contributed by atoms with van der Waals surface area (Å²) in [5.41, 5.74) is -0.906. The molecule has 4 rings (SSSR count). The Bertz CT molecular complexity index is 1600. The van der Waals surface area contributed by atoms with Crippen LogP contribution in [0.3, 0.4) is 0 Å². The van der Waals surface area contributed by atoms with E-state index < -0.39 is 50.4 Å². The van der Waals surface area contributed by atoms with E-state index in [4.69, 9.17) is 14.3 Å². The molecule has 1 amide bonds. The van der Waals surface area contributed by atoms with E-state index in [0.29, 0.717) is 36.5 Å². The van der Waals surface area contributed by atoms with Gasteiger partial charge in [0.1, 0.15) is 23.9 Å². The summed E-state index contributed by atoms with van der Waals surface area (Å²) in [5.74, 6) is -3.84. The molecule has 0 spiro atoms. The minimum absolute atomic E-state index is 0.105. The van der Waals surface area contributed by atoms with E-state index in [2.05, 4.69) is 41.0 Å². The number of ether oxygens (including phenoxy) is 2. The first kappa shape index (κ1) is 40.7. The molecular weight excluding hydrogens is 765 g/mol. The summed E-state index contributed by atoms with van der Waals surface area (Å²) in [7, 11) is 0. The summed E-state index contributed by atoms with van der Waals surface area (Å²) in [5, 5.41) is 21.0. The van der Waals surface area contributed by atoms with Gasteiger partial charge in [0.25, 0.3) is 0 Å². The van der Waals surface area contributed by atoms with Gasteiger partial charge in [0.15, 0.2) is 9.93 Å². The number of oxime groups is 1. The van der Waals surface area contributed by atoms with Gasteiger partial charge in [0.2, 0.25) is 5.91 Å². The largest absolute Gasteiger partial charge is 0.448 e. The van der Waals surface area contributed by atoms with Crippen LogP contribution in [0.25, 0.3) is 5.82 Å². The van der Waals surface area contributed by atoms with E-state index in [0.717, 1.165) is 5.56 Å². The topological polar surface area (TPSA) is 155 Å². The van der Waals surface area contributed by atoms with Crippen molar-refractivity contribution in [1.29, 1.82) is 0 Å². The van der Waals surface area contributed by atoms with Gasteiger partial charge in [-0.3, -0.25) is 14.4 Å². The van der Waals surface area contributed by atoms with Crippen molar-refractivity contribution in [1.82, 2.24) is 14.8 Å². The molecule has 2 aliphatic rings. The third kappa shape index (κ3) is 9.50. The van der Waals surface area contributed by atoms with Crippen LogP contribution in [0, 0.1) is 40.9 Å². The molecule has 280 valence electrons. The number of aliphatic imine (C=N–C) groups is 1. The Morgan fingerprint density at radius 1 is 1.16 bits per heavy atom. The highest BCUT2D eigenvalue weighted by atomic mass is 127. The maximum Gasteiger partial charge on any atom is 0.317 e. The van der Waals surface area contributed by atoms with Crippen molar-refractivity contribution in [3.05, 3.63) is 42.4 Å². The van der Waals surface area contributed by atoms with Crippen LogP contribution in [0.2, 0.25) is 0 Å². The second-order valence-electron chi connectivity index (χ2n) is 15.8. The van der Waals surface area contributed by atoms with Gasteiger partial charge in [-0.25, -0.2) is 14.7 Å². The molecule has 2 fully saturated rings. The number of fused-ring (bicyclic) bond motifs is 5. The molecule has 0 aliphatic carbocycles. The molecule has 0 aromatic carbocycles. The van der Waals surface area contributed by atoms with E-state index in [1.165, 1.54) is 6.92 Å². The molecule has 2 bridgehead atoms. The van der Waals surface area contributed by atoms with E-state index in [-0.39, 0.29) is 36.7 Å². The lowest BCUT2D eigenvalue weighted by Gasteiger charge is -2.49. The van der Waals surface area contributed by atoms with Gasteiger partial charge in [-0.1, -0.05) is 52.8 Å². The molecule has 1 N–H and O–H groups in total. The van der Waals surface area contributed by atoms with Gasteiger partial charge in [-0.2, -0.15) is 5.10 Å². The summed E-state index contributed by atoms with van der Waals surface area (Å²) < 4.78 is 13.5. The predicted octanol–water partition coefficient (Wildman–Crippen LogP) is 6.55. The summed E-state index contributed by atoms with van der Waals surface area (Å²) in [6.07, 6.45) is 6.41. The van der Waals surface area contributed by atoms with Crippen molar-refractivity contribution in [3.63, 3.8) is 0 Å². The Hall–Kier alpha value is -3.04. The smallest absolute Gasteiger partial charge is 0.317 e. The molecule has 9 atom stereocenters. The maximum atomic E-state index is 14.1. The number of alkyl halides is 1. The van der Waals surface area contributed by atoms with Crippen LogP contribution < -0.4 is 0 Å². The molecule has 2 aliphatic heterocycles. The van der Waals surface area contributed by atoms with E-state index >= 15 is 0 Å². The number of cyclic esters (lactones) is 1. The molecule has 0 radical (unpaired) electrons. The van der Waals surface area contributed by atoms with Crippen molar-refractivity contribution in [3.8, 4) is 5.82 Å². The fourth-order valence-electron chi connectivity index (χ4n) is 8.40. The zero-order valence-electron chi connectivity index (χ0n) is 31.6. The number of amides is 1. The van der Waals surface area contributed by atoms with Crippen LogP contribution in [0.5, 0.6) is 0 Å². The van der Waals surface area contributed by atoms with Crippen LogP contribution in [-0.2, 0) is 35.3 Å². The lowest BCUT2D eigenvalue weighted by molar-refractivity contribution is -0.167. The normalized spacial score (nSPS) is 34.7. The van der Waals surface area contributed by atoms with E-state index in [9.17, 15) is 19.5 Å². The van der Waals surface area contributed by atoms with Crippen LogP contribution in [0.15, 0.2) is 46.9 Å². The number of aromatic nitrogens is 3. The SMILES string of the molecule is CC(=O)/N=C1\[C@H](C)C[C@@]2(C)OC/C(=N/OCc3ccc(-n4cccn4)nc3)CC[C@H]([C@H]1C)[C@](C)(O)[C@@H](I)OC(=O)[C@H](C)C(=O)[C@H](C)[C@H]2C(C)(C)C. The molecule has 2 aromatic heterocycles. The number of halogens is 1. The van der Waals surface area contributed by atoms with Crippen molar-refractivity contribution in [2.24, 2.45) is 51.1 Å². The first-order chi connectivity index (χ1) is 23.8. The van der Waals surface area contributed by atoms with Crippen LogP contribution >= 0.6 is 22.6 Å². The Kier molecular flexibility index (Phi) is 13.0. The second kappa shape index (κ2) is 16.3. The second-order valence-corrected chi connectivity index (χ2v) is 17.0. The molecule has 2 saturated heterocycles. The fourth-order valence-corrected chi connectivity index (χ4v) is 9.11. The lowest BCUT2D eigenvalue weighted by atomic mass is 9.61. The first-order valence-corrected chi connectivity index (χ1v) is 19.0. The average Bonchev–Trinajstić information content (AvgIpc) is 3.58. The average molecular weight is 820 g/mol. The number of rotatable bonds is 4. The highest BCUT2D eigenvalue weighted by Crippen LogP contribution is 2.48. The number of pyridine rings is 1. The Balaban J connectivity index is 1.83. The van der Waals surface area contributed by atoms with Gasteiger partial charge in [0, 0.05) is 54.5 Å². The summed E-state index contributed by atoms with van der Waals surface area (Å²) >= 11 is 1.94. The van der Waals surface area contributed by atoms with Crippen molar-refractivity contribution in [2.75, 3.05) is 6.61 Å². The van der Waals surface area contributed by atoms with Crippen LogP contribution in [0.4, 0.5) is 0 Å².